The number of hydrogen-bond donors (Lipinski definition) is 1. The van der Waals surface area contributed by atoms with Crippen LogP contribution in [0.5, 0.6) is 0 Å². The van der Waals surface area contributed by atoms with Crippen LogP contribution in [0.25, 0.3) is 10.9 Å². The summed E-state index contributed by atoms with van der Waals surface area (Å²) >= 11 is 0. The second-order valence-electron chi connectivity index (χ2n) is 7.90. The van der Waals surface area contributed by atoms with E-state index in [1.54, 1.807) is 0 Å². The van der Waals surface area contributed by atoms with Gasteiger partial charge in [-0.15, -0.1) is 0 Å². The van der Waals surface area contributed by atoms with Crippen molar-refractivity contribution >= 4 is 28.4 Å². The molecular formula is C23H23N3O2. The summed E-state index contributed by atoms with van der Waals surface area (Å²) < 4.78 is 0. The molecular weight excluding hydrogens is 350 g/mol. The largest absolute Gasteiger partial charge is 0.357 e. The normalized spacial score (nSPS) is 20.2. The van der Waals surface area contributed by atoms with Crippen LogP contribution in [0.4, 0.5) is 5.69 Å². The number of nitrogens with zero attached hydrogens (tertiary/aromatic N) is 2. The molecule has 0 aliphatic carbocycles. The third-order valence-corrected chi connectivity index (χ3v) is 6.22. The standard InChI is InChI=1S/C23H23N3O2/c1-14-7-8-16(11-15(14)2)26-22(27)12-21(23(26)28)25-10-9-18-17-5-3-4-6-19(17)24-20(18)13-25/h3-8,11,21,24H,9-10,12-13H2,1-2H3/t21-/m0/s1. The van der Waals surface area contributed by atoms with Crippen LogP contribution < -0.4 is 4.90 Å². The number of hydrogen-bond acceptors (Lipinski definition) is 3. The first kappa shape index (κ1) is 17.2. The number of aromatic nitrogens is 1. The van der Waals surface area contributed by atoms with Crippen molar-refractivity contribution in [3.8, 4) is 0 Å². The highest BCUT2D eigenvalue weighted by molar-refractivity contribution is 6.22. The Kier molecular flexibility index (Phi) is 3.88. The van der Waals surface area contributed by atoms with E-state index in [0.29, 0.717) is 12.2 Å². The van der Waals surface area contributed by atoms with E-state index >= 15 is 0 Å². The highest BCUT2D eigenvalue weighted by Gasteiger charge is 2.43. The maximum atomic E-state index is 13.1. The fourth-order valence-electron chi connectivity index (χ4n) is 4.52. The number of imide groups is 1. The minimum atomic E-state index is -0.381. The summed E-state index contributed by atoms with van der Waals surface area (Å²) in [5.41, 5.74) is 6.57. The maximum absolute atomic E-state index is 13.1. The number of amides is 2. The number of carbonyl (C=O) groups is 2. The Bertz CT molecular complexity index is 1110. The summed E-state index contributed by atoms with van der Waals surface area (Å²) in [6, 6.07) is 13.7. The zero-order valence-corrected chi connectivity index (χ0v) is 16.2. The van der Waals surface area contributed by atoms with Crippen LogP contribution in [-0.4, -0.2) is 34.3 Å². The molecule has 0 bridgehead atoms. The molecule has 2 aliphatic rings. The number of para-hydroxylation sites is 1. The summed E-state index contributed by atoms with van der Waals surface area (Å²) in [6.45, 7) is 5.50. The number of aryl methyl sites for hydroxylation is 2. The number of anilines is 1. The Balaban J connectivity index is 1.42. The van der Waals surface area contributed by atoms with Crippen LogP contribution in [-0.2, 0) is 22.6 Å². The van der Waals surface area contributed by atoms with Crippen molar-refractivity contribution < 1.29 is 9.59 Å². The van der Waals surface area contributed by atoms with Crippen molar-refractivity contribution in [3.63, 3.8) is 0 Å². The van der Waals surface area contributed by atoms with E-state index in [1.165, 1.54) is 15.8 Å². The Morgan fingerprint density at radius 2 is 1.86 bits per heavy atom. The molecule has 1 atom stereocenters. The Hall–Kier alpha value is -2.92. The topological polar surface area (TPSA) is 56.4 Å². The molecule has 0 saturated carbocycles. The number of H-pyrrole nitrogens is 1. The van der Waals surface area contributed by atoms with Gasteiger partial charge in [-0.1, -0.05) is 24.3 Å². The van der Waals surface area contributed by atoms with E-state index in [0.717, 1.165) is 35.3 Å². The van der Waals surface area contributed by atoms with Crippen molar-refractivity contribution in [1.82, 2.24) is 9.88 Å². The van der Waals surface area contributed by atoms with Gasteiger partial charge in [-0.05, 0) is 55.2 Å². The number of fused-ring (bicyclic) bond motifs is 3. The minimum absolute atomic E-state index is 0.104. The predicted molar refractivity (Wildman–Crippen MR) is 109 cm³/mol. The van der Waals surface area contributed by atoms with Crippen molar-refractivity contribution in [2.75, 3.05) is 11.4 Å². The van der Waals surface area contributed by atoms with E-state index in [4.69, 9.17) is 0 Å². The lowest BCUT2D eigenvalue weighted by Gasteiger charge is -2.30. The van der Waals surface area contributed by atoms with Gasteiger partial charge in [-0.3, -0.25) is 14.5 Å². The van der Waals surface area contributed by atoms with Crippen molar-refractivity contribution in [2.45, 2.75) is 39.3 Å². The molecule has 142 valence electrons. The molecule has 28 heavy (non-hydrogen) atoms. The number of benzene rings is 2. The first-order chi connectivity index (χ1) is 13.5. The Morgan fingerprint density at radius 1 is 1.04 bits per heavy atom. The van der Waals surface area contributed by atoms with Gasteiger partial charge in [0.25, 0.3) is 5.91 Å². The van der Waals surface area contributed by atoms with Gasteiger partial charge in [0.05, 0.1) is 18.2 Å². The van der Waals surface area contributed by atoms with Crippen LogP contribution in [0.3, 0.4) is 0 Å². The number of aromatic amines is 1. The van der Waals surface area contributed by atoms with Crippen LogP contribution in [0.1, 0.15) is 28.8 Å². The lowest BCUT2D eigenvalue weighted by Crippen LogP contribution is -2.44. The van der Waals surface area contributed by atoms with Gasteiger partial charge in [-0.25, -0.2) is 4.90 Å². The van der Waals surface area contributed by atoms with Crippen molar-refractivity contribution in [3.05, 3.63) is 64.8 Å². The van der Waals surface area contributed by atoms with E-state index < -0.39 is 0 Å². The number of rotatable bonds is 2. The van der Waals surface area contributed by atoms with Gasteiger partial charge in [0.1, 0.15) is 0 Å². The molecule has 3 aromatic rings. The van der Waals surface area contributed by atoms with Gasteiger partial charge in [0, 0.05) is 29.7 Å². The van der Waals surface area contributed by atoms with Gasteiger partial charge in [0.2, 0.25) is 5.91 Å². The molecule has 0 unspecified atom stereocenters. The molecule has 2 amide bonds. The zero-order valence-electron chi connectivity index (χ0n) is 16.2. The SMILES string of the molecule is Cc1ccc(N2C(=O)C[C@H](N3CCc4c([nH]c5ccccc45)C3)C2=O)cc1C. The highest BCUT2D eigenvalue weighted by Crippen LogP contribution is 2.32. The van der Waals surface area contributed by atoms with E-state index in [1.807, 2.05) is 38.1 Å². The lowest BCUT2D eigenvalue weighted by molar-refractivity contribution is -0.123. The average molecular weight is 373 g/mol. The van der Waals surface area contributed by atoms with E-state index in [2.05, 4.69) is 28.1 Å². The first-order valence-electron chi connectivity index (χ1n) is 9.79. The minimum Gasteiger partial charge on any atom is -0.357 e. The Morgan fingerprint density at radius 3 is 2.68 bits per heavy atom. The Labute approximate surface area is 163 Å². The fourth-order valence-corrected chi connectivity index (χ4v) is 4.52. The molecule has 5 rings (SSSR count). The first-order valence-corrected chi connectivity index (χ1v) is 9.79. The van der Waals surface area contributed by atoms with E-state index in [9.17, 15) is 9.59 Å². The molecule has 5 heteroatoms. The fraction of sp³-hybridized carbons (Fsp3) is 0.304. The molecule has 2 aliphatic heterocycles. The zero-order chi connectivity index (χ0) is 19.4. The molecule has 1 aromatic heterocycles. The van der Waals surface area contributed by atoms with Crippen LogP contribution >= 0.6 is 0 Å². The second-order valence-corrected chi connectivity index (χ2v) is 7.90. The summed E-state index contributed by atoms with van der Waals surface area (Å²) in [6.07, 6.45) is 1.14. The van der Waals surface area contributed by atoms with Gasteiger partial charge < -0.3 is 4.98 Å². The summed E-state index contributed by atoms with van der Waals surface area (Å²) in [4.78, 5) is 32.9. The molecule has 0 radical (unpaired) electrons. The highest BCUT2D eigenvalue weighted by atomic mass is 16.2. The average Bonchev–Trinajstić information content (AvgIpc) is 3.20. The summed E-state index contributed by atoms with van der Waals surface area (Å²) in [5.74, 6) is -0.214. The molecule has 1 saturated heterocycles. The lowest BCUT2D eigenvalue weighted by atomic mass is 10.0. The van der Waals surface area contributed by atoms with Gasteiger partial charge in [-0.2, -0.15) is 0 Å². The van der Waals surface area contributed by atoms with Gasteiger partial charge >= 0.3 is 0 Å². The van der Waals surface area contributed by atoms with Crippen LogP contribution in [0, 0.1) is 13.8 Å². The molecule has 2 aromatic carbocycles. The molecule has 1 N–H and O–H groups in total. The van der Waals surface area contributed by atoms with Crippen molar-refractivity contribution in [1.29, 1.82) is 0 Å². The summed E-state index contributed by atoms with van der Waals surface area (Å²) in [5, 5.41) is 1.27. The molecule has 1 fully saturated rings. The number of nitrogens with one attached hydrogen (secondary N) is 1. The molecule has 3 heterocycles. The molecule has 5 nitrogen and oxygen atoms in total. The quantitative estimate of drug-likeness (QED) is 0.700. The second kappa shape index (κ2) is 6.31. The smallest absolute Gasteiger partial charge is 0.251 e. The summed E-state index contributed by atoms with van der Waals surface area (Å²) in [7, 11) is 0. The number of carbonyl (C=O) groups excluding carboxylic acids is 2. The monoisotopic (exact) mass is 373 g/mol. The van der Waals surface area contributed by atoms with Crippen molar-refractivity contribution in [2.24, 2.45) is 0 Å². The maximum Gasteiger partial charge on any atom is 0.251 e. The van der Waals surface area contributed by atoms with Crippen LogP contribution in [0.15, 0.2) is 42.5 Å². The van der Waals surface area contributed by atoms with E-state index in [-0.39, 0.29) is 24.3 Å². The third kappa shape index (κ3) is 2.58. The predicted octanol–water partition coefficient (Wildman–Crippen LogP) is 3.47. The third-order valence-electron chi connectivity index (χ3n) is 6.22. The molecule has 0 spiro atoms. The van der Waals surface area contributed by atoms with Crippen LogP contribution in [0.2, 0.25) is 0 Å². The van der Waals surface area contributed by atoms with Gasteiger partial charge in [0.15, 0.2) is 0 Å².